The zero-order chi connectivity index (χ0) is 18.9. The van der Waals surface area contributed by atoms with Gasteiger partial charge < -0.3 is 10.4 Å². The van der Waals surface area contributed by atoms with Crippen LogP contribution >= 0.6 is 0 Å². The Morgan fingerprint density at radius 2 is 1.79 bits per heavy atom. The molecule has 2 N–H and O–H groups in total. The lowest BCUT2D eigenvalue weighted by atomic mass is 9.87. The number of anilines is 1. The van der Waals surface area contributed by atoms with Crippen molar-refractivity contribution < 1.29 is 5.11 Å². The predicted molar refractivity (Wildman–Crippen MR) is 112 cm³/mol. The molecule has 0 radical (unpaired) electrons. The van der Waals surface area contributed by atoms with Crippen molar-refractivity contribution in [2.75, 3.05) is 11.9 Å². The maximum atomic E-state index is 9.67. The standard InChI is InChI=1S/C23H24N4O/c28-20-9-5-16(6-10-20)14-24-22-11-12-23-25-15-21(27(23)26-22)19-8-7-17-3-1-2-4-18(17)13-19/h1-4,7-8,11-13,15-16,20,28H,5-6,9-10,14H2,(H,24,26). The van der Waals surface area contributed by atoms with E-state index in [1.54, 1.807) is 0 Å². The molecule has 2 aromatic carbocycles. The summed E-state index contributed by atoms with van der Waals surface area (Å²) >= 11 is 0. The van der Waals surface area contributed by atoms with Gasteiger partial charge in [-0.05, 0) is 60.6 Å². The molecule has 5 rings (SSSR count). The highest BCUT2D eigenvalue weighted by Crippen LogP contribution is 2.26. The zero-order valence-corrected chi connectivity index (χ0v) is 15.8. The van der Waals surface area contributed by atoms with Crippen LogP contribution in [0.1, 0.15) is 25.7 Å². The molecule has 2 heterocycles. The molecular formula is C23H24N4O. The van der Waals surface area contributed by atoms with Gasteiger partial charge in [0.25, 0.3) is 0 Å². The molecule has 28 heavy (non-hydrogen) atoms. The minimum absolute atomic E-state index is 0.110. The minimum atomic E-state index is -0.110. The van der Waals surface area contributed by atoms with Crippen LogP contribution in [0.25, 0.3) is 27.7 Å². The Balaban J connectivity index is 1.41. The maximum absolute atomic E-state index is 9.67. The van der Waals surface area contributed by atoms with Crippen LogP contribution in [0.15, 0.2) is 60.8 Å². The van der Waals surface area contributed by atoms with Crippen LogP contribution in [0.3, 0.4) is 0 Å². The fourth-order valence-corrected chi connectivity index (χ4v) is 4.11. The molecule has 0 bridgehead atoms. The van der Waals surface area contributed by atoms with Crippen LogP contribution in [0.4, 0.5) is 5.82 Å². The van der Waals surface area contributed by atoms with Gasteiger partial charge >= 0.3 is 0 Å². The zero-order valence-electron chi connectivity index (χ0n) is 15.8. The Bertz CT molecular complexity index is 1110. The lowest BCUT2D eigenvalue weighted by molar-refractivity contribution is 0.111. The molecule has 2 aromatic heterocycles. The van der Waals surface area contributed by atoms with Gasteiger partial charge in [0, 0.05) is 12.1 Å². The smallest absolute Gasteiger partial charge is 0.154 e. The molecule has 0 amide bonds. The number of fused-ring (bicyclic) bond motifs is 2. The van der Waals surface area contributed by atoms with E-state index in [4.69, 9.17) is 5.10 Å². The van der Waals surface area contributed by atoms with Crippen molar-refractivity contribution >= 4 is 22.2 Å². The van der Waals surface area contributed by atoms with Crippen molar-refractivity contribution in [3.8, 4) is 11.3 Å². The molecule has 1 saturated carbocycles. The van der Waals surface area contributed by atoms with Crippen LogP contribution in [-0.2, 0) is 0 Å². The van der Waals surface area contributed by atoms with Crippen LogP contribution in [-0.4, -0.2) is 32.4 Å². The molecule has 0 saturated heterocycles. The summed E-state index contributed by atoms with van der Waals surface area (Å²) in [5, 5.41) is 20.4. The van der Waals surface area contributed by atoms with Crippen molar-refractivity contribution in [1.29, 1.82) is 0 Å². The van der Waals surface area contributed by atoms with E-state index in [1.807, 2.05) is 22.8 Å². The second kappa shape index (κ2) is 7.24. The number of hydrogen-bond acceptors (Lipinski definition) is 4. The molecule has 4 aromatic rings. The van der Waals surface area contributed by atoms with Crippen LogP contribution in [0.2, 0.25) is 0 Å². The highest BCUT2D eigenvalue weighted by Gasteiger charge is 2.19. The Kier molecular flexibility index (Phi) is 4.45. The van der Waals surface area contributed by atoms with Gasteiger partial charge in [0.1, 0.15) is 5.82 Å². The summed E-state index contributed by atoms with van der Waals surface area (Å²) in [6.45, 7) is 0.894. The summed E-state index contributed by atoms with van der Waals surface area (Å²) in [6, 6.07) is 18.8. The molecule has 0 unspecified atom stereocenters. The summed E-state index contributed by atoms with van der Waals surface area (Å²) in [7, 11) is 0. The fraction of sp³-hybridized carbons (Fsp3) is 0.304. The summed E-state index contributed by atoms with van der Waals surface area (Å²) in [4.78, 5) is 4.52. The van der Waals surface area contributed by atoms with Crippen molar-refractivity contribution in [3.05, 3.63) is 60.8 Å². The number of nitrogens with zero attached hydrogens (tertiary/aromatic N) is 3. The van der Waals surface area contributed by atoms with E-state index in [1.165, 1.54) is 10.8 Å². The number of rotatable bonds is 4. The number of aromatic nitrogens is 3. The highest BCUT2D eigenvalue weighted by molar-refractivity contribution is 5.87. The third-order valence-electron chi connectivity index (χ3n) is 5.80. The van der Waals surface area contributed by atoms with E-state index in [9.17, 15) is 5.11 Å². The first-order valence-corrected chi connectivity index (χ1v) is 10.0. The first kappa shape index (κ1) is 17.2. The molecule has 0 aliphatic heterocycles. The van der Waals surface area contributed by atoms with E-state index < -0.39 is 0 Å². The third-order valence-corrected chi connectivity index (χ3v) is 5.80. The molecule has 1 fully saturated rings. The van der Waals surface area contributed by atoms with E-state index >= 15 is 0 Å². The number of aliphatic hydroxyl groups is 1. The monoisotopic (exact) mass is 372 g/mol. The van der Waals surface area contributed by atoms with Crippen LogP contribution in [0, 0.1) is 5.92 Å². The highest BCUT2D eigenvalue weighted by atomic mass is 16.3. The number of hydrogen-bond donors (Lipinski definition) is 2. The van der Waals surface area contributed by atoms with Crippen molar-refractivity contribution in [1.82, 2.24) is 14.6 Å². The number of benzene rings is 2. The Morgan fingerprint density at radius 3 is 2.64 bits per heavy atom. The second-order valence-electron chi connectivity index (χ2n) is 7.75. The van der Waals surface area contributed by atoms with Gasteiger partial charge in [-0.1, -0.05) is 36.4 Å². The fourth-order valence-electron chi connectivity index (χ4n) is 4.11. The van der Waals surface area contributed by atoms with Crippen molar-refractivity contribution in [2.45, 2.75) is 31.8 Å². The Hall–Kier alpha value is -2.92. The molecule has 5 nitrogen and oxygen atoms in total. The first-order chi connectivity index (χ1) is 13.8. The van der Waals surface area contributed by atoms with Crippen molar-refractivity contribution in [3.63, 3.8) is 0 Å². The summed E-state index contributed by atoms with van der Waals surface area (Å²) in [5.41, 5.74) is 2.94. The molecule has 0 atom stereocenters. The first-order valence-electron chi connectivity index (χ1n) is 10.0. The van der Waals surface area contributed by atoms with E-state index in [0.717, 1.165) is 55.0 Å². The minimum Gasteiger partial charge on any atom is -0.393 e. The maximum Gasteiger partial charge on any atom is 0.154 e. The van der Waals surface area contributed by atoms with E-state index in [0.29, 0.717) is 5.92 Å². The molecule has 1 aliphatic rings. The molecule has 1 aliphatic carbocycles. The van der Waals surface area contributed by atoms with Crippen molar-refractivity contribution in [2.24, 2.45) is 5.92 Å². The summed E-state index contributed by atoms with van der Waals surface area (Å²) in [5.74, 6) is 1.46. The van der Waals surface area contributed by atoms with Gasteiger partial charge in [-0.2, -0.15) is 0 Å². The molecular weight excluding hydrogens is 348 g/mol. The third kappa shape index (κ3) is 3.34. The largest absolute Gasteiger partial charge is 0.393 e. The van der Waals surface area contributed by atoms with Gasteiger partial charge in [0.15, 0.2) is 5.65 Å². The Morgan fingerprint density at radius 1 is 0.964 bits per heavy atom. The van der Waals surface area contributed by atoms with Gasteiger partial charge in [0.05, 0.1) is 18.0 Å². The molecule has 5 heteroatoms. The van der Waals surface area contributed by atoms with Gasteiger partial charge in [-0.25, -0.2) is 9.50 Å². The summed E-state index contributed by atoms with van der Waals surface area (Å²) in [6.07, 6.45) is 5.74. The Labute approximate surface area is 164 Å². The second-order valence-corrected chi connectivity index (χ2v) is 7.75. The number of nitrogens with one attached hydrogen (secondary N) is 1. The van der Waals surface area contributed by atoms with E-state index in [2.05, 4.69) is 52.8 Å². The van der Waals surface area contributed by atoms with Gasteiger partial charge in [-0.3, -0.25) is 0 Å². The van der Waals surface area contributed by atoms with Crippen LogP contribution in [0.5, 0.6) is 0 Å². The average molecular weight is 372 g/mol. The van der Waals surface area contributed by atoms with Gasteiger partial charge in [0.2, 0.25) is 0 Å². The topological polar surface area (TPSA) is 62.5 Å². The number of aliphatic hydroxyl groups excluding tert-OH is 1. The predicted octanol–water partition coefficient (Wildman–Crippen LogP) is 4.51. The normalized spacial score (nSPS) is 19.9. The lowest BCUT2D eigenvalue weighted by Gasteiger charge is -2.25. The summed E-state index contributed by atoms with van der Waals surface area (Å²) < 4.78 is 1.91. The van der Waals surface area contributed by atoms with Gasteiger partial charge in [-0.15, -0.1) is 5.10 Å². The van der Waals surface area contributed by atoms with Crippen LogP contribution < -0.4 is 5.32 Å². The molecule has 142 valence electrons. The molecule has 0 spiro atoms. The lowest BCUT2D eigenvalue weighted by Crippen LogP contribution is -2.23. The van der Waals surface area contributed by atoms with E-state index in [-0.39, 0.29) is 6.10 Å². The quantitative estimate of drug-likeness (QED) is 0.553. The average Bonchev–Trinajstić information content (AvgIpc) is 3.16. The SMILES string of the molecule is OC1CCC(CNc2ccc3ncc(-c4ccc5ccccc5c4)n3n2)CC1. The number of imidazole rings is 1.